The molecular formula is C20H13ClN4. The maximum atomic E-state index is 6.00. The Labute approximate surface area is 149 Å². The van der Waals surface area contributed by atoms with Gasteiger partial charge in [0.25, 0.3) is 0 Å². The fraction of sp³-hybridized carbons (Fsp3) is 0. The van der Waals surface area contributed by atoms with E-state index in [0.717, 1.165) is 33.4 Å². The molecule has 0 amide bonds. The molecule has 0 saturated heterocycles. The van der Waals surface area contributed by atoms with Crippen LogP contribution in [-0.2, 0) is 0 Å². The number of rotatable bonds is 3. The van der Waals surface area contributed by atoms with Gasteiger partial charge in [0.15, 0.2) is 0 Å². The van der Waals surface area contributed by atoms with Crippen LogP contribution in [0.4, 0.5) is 11.5 Å². The summed E-state index contributed by atoms with van der Waals surface area (Å²) in [6, 6.07) is 15.3. The number of nitrogens with one attached hydrogen (secondary N) is 2. The molecule has 4 aromatic rings. The van der Waals surface area contributed by atoms with Crippen molar-refractivity contribution in [2.45, 2.75) is 0 Å². The Kier molecular flexibility index (Phi) is 3.85. The highest BCUT2D eigenvalue weighted by Gasteiger charge is 2.13. The van der Waals surface area contributed by atoms with Gasteiger partial charge in [0.05, 0.1) is 5.39 Å². The summed E-state index contributed by atoms with van der Waals surface area (Å²) in [4.78, 5) is 11.9. The summed E-state index contributed by atoms with van der Waals surface area (Å²) in [5.74, 6) is 3.35. The summed E-state index contributed by atoms with van der Waals surface area (Å²) in [7, 11) is 0. The van der Waals surface area contributed by atoms with E-state index in [1.807, 2.05) is 54.7 Å². The van der Waals surface area contributed by atoms with Crippen molar-refractivity contribution >= 4 is 34.1 Å². The van der Waals surface area contributed by atoms with Gasteiger partial charge in [0.2, 0.25) is 0 Å². The van der Waals surface area contributed by atoms with E-state index >= 15 is 0 Å². The van der Waals surface area contributed by atoms with Crippen molar-refractivity contribution in [1.82, 2.24) is 15.0 Å². The topological polar surface area (TPSA) is 53.6 Å². The van der Waals surface area contributed by atoms with Crippen LogP contribution in [0, 0.1) is 12.3 Å². The number of terminal acetylenes is 1. The van der Waals surface area contributed by atoms with Gasteiger partial charge in [-0.25, -0.2) is 9.97 Å². The molecule has 0 aliphatic rings. The highest BCUT2D eigenvalue weighted by molar-refractivity contribution is 6.30. The van der Waals surface area contributed by atoms with Crippen LogP contribution in [0.5, 0.6) is 0 Å². The van der Waals surface area contributed by atoms with Gasteiger partial charge in [-0.15, -0.1) is 6.42 Å². The molecule has 2 heterocycles. The monoisotopic (exact) mass is 344 g/mol. The number of halogens is 1. The van der Waals surface area contributed by atoms with Gasteiger partial charge in [-0.2, -0.15) is 0 Å². The van der Waals surface area contributed by atoms with E-state index in [0.29, 0.717) is 10.8 Å². The molecule has 0 radical (unpaired) electrons. The number of aromatic nitrogens is 3. The lowest BCUT2D eigenvalue weighted by atomic mass is 10.1. The molecule has 2 N–H and O–H groups in total. The van der Waals surface area contributed by atoms with E-state index in [1.54, 1.807) is 0 Å². The Bertz CT molecular complexity index is 1090. The Morgan fingerprint density at radius 3 is 2.72 bits per heavy atom. The Morgan fingerprint density at radius 2 is 1.92 bits per heavy atom. The van der Waals surface area contributed by atoms with E-state index in [4.69, 9.17) is 18.0 Å². The van der Waals surface area contributed by atoms with Crippen LogP contribution >= 0.6 is 11.6 Å². The quantitative estimate of drug-likeness (QED) is 0.514. The van der Waals surface area contributed by atoms with Gasteiger partial charge < -0.3 is 10.3 Å². The van der Waals surface area contributed by atoms with Crippen LogP contribution in [0.25, 0.3) is 22.2 Å². The summed E-state index contributed by atoms with van der Waals surface area (Å²) in [6.45, 7) is 0. The minimum atomic E-state index is 0.698. The average Bonchev–Trinajstić information content (AvgIpc) is 3.08. The van der Waals surface area contributed by atoms with Gasteiger partial charge >= 0.3 is 0 Å². The van der Waals surface area contributed by atoms with E-state index in [1.165, 1.54) is 6.33 Å². The first-order chi connectivity index (χ1) is 12.2. The molecule has 0 aliphatic heterocycles. The van der Waals surface area contributed by atoms with Crippen LogP contribution < -0.4 is 5.32 Å². The second kappa shape index (κ2) is 6.31. The Hall–Kier alpha value is -3.29. The second-order valence-electron chi connectivity index (χ2n) is 5.51. The first-order valence-corrected chi connectivity index (χ1v) is 8.04. The lowest BCUT2D eigenvalue weighted by molar-refractivity contribution is 1.20. The van der Waals surface area contributed by atoms with Gasteiger partial charge in [0.1, 0.15) is 17.8 Å². The van der Waals surface area contributed by atoms with Crippen molar-refractivity contribution in [3.63, 3.8) is 0 Å². The van der Waals surface area contributed by atoms with E-state index in [-0.39, 0.29) is 0 Å². The van der Waals surface area contributed by atoms with Crippen LogP contribution in [0.2, 0.25) is 5.02 Å². The number of anilines is 2. The third-order valence-corrected chi connectivity index (χ3v) is 4.17. The maximum absolute atomic E-state index is 6.00. The van der Waals surface area contributed by atoms with E-state index < -0.39 is 0 Å². The molecule has 0 saturated carbocycles. The SMILES string of the molecule is C#Cc1cccc(Nc2ncnc3[nH]cc(-c4ccc(Cl)cc4)c23)c1. The van der Waals surface area contributed by atoms with Crippen molar-refractivity contribution in [3.05, 3.63) is 71.6 Å². The fourth-order valence-electron chi connectivity index (χ4n) is 2.74. The molecule has 4 nitrogen and oxygen atoms in total. The van der Waals surface area contributed by atoms with Crippen LogP contribution in [0.1, 0.15) is 5.56 Å². The molecule has 2 aromatic carbocycles. The molecule has 0 bridgehead atoms. The summed E-state index contributed by atoms with van der Waals surface area (Å²) < 4.78 is 0. The van der Waals surface area contributed by atoms with Crippen LogP contribution in [0.15, 0.2) is 61.1 Å². The van der Waals surface area contributed by atoms with Gasteiger partial charge in [0, 0.05) is 28.0 Å². The van der Waals surface area contributed by atoms with Crippen molar-refractivity contribution in [2.75, 3.05) is 5.32 Å². The highest BCUT2D eigenvalue weighted by atomic mass is 35.5. The Balaban J connectivity index is 1.83. The predicted molar refractivity (Wildman–Crippen MR) is 102 cm³/mol. The second-order valence-corrected chi connectivity index (χ2v) is 5.94. The zero-order valence-corrected chi connectivity index (χ0v) is 13.9. The molecule has 0 fully saturated rings. The molecule has 4 rings (SSSR count). The van der Waals surface area contributed by atoms with Crippen molar-refractivity contribution < 1.29 is 0 Å². The van der Waals surface area contributed by atoms with Gasteiger partial charge in [-0.3, -0.25) is 0 Å². The number of hydrogen-bond donors (Lipinski definition) is 2. The summed E-state index contributed by atoms with van der Waals surface area (Å²) in [5.41, 5.74) is 4.48. The number of aromatic amines is 1. The number of fused-ring (bicyclic) bond motifs is 1. The van der Waals surface area contributed by atoms with E-state index in [9.17, 15) is 0 Å². The minimum absolute atomic E-state index is 0.698. The fourth-order valence-corrected chi connectivity index (χ4v) is 2.86. The zero-order valence-electron chi connectivity index (χ0n) is 13.1. The minimum Gasteiger partial charge on any atom is -0.345 e. The lowest BCUT2D eigenvalue weighted by Gasteiger charge is -2.09. The summed E-state index contributed by atoms with van der Waals surface area (Å²) >= 11 is 6.00. The van der Waals surface area contributed by atoms with Gasteiger partial charge in [-0.1, -0.05) is 35.7 Å². The molecule has 0 aliphatic carbocycles. The largest absolute Gasteiger partial charge is 0.345 e. The molecular weight excluding hydrogens is 332 g/mol. The number of H-pyrrole nitrogens is 1. The molecule has 25 heavy (non-hydrogen) atoms. The van der Waals surface area contributed by atoms with Gasteiger partial charge in [-0.05, 0) is 35.9 Å². The average molecular weight is 345 g/mol. The third-order valence-electron chi connectivity index (χ3n) is 3.92. The molecule has 0 unspecified atom stereocenters. The smallest absolute Gasteiger partial charge is 0.143 e. The van der Waals surface area contributed by atoms with Crippen molar-refractivity contribution in [1.29, 1.82) is 0 Å². The zero-order chi connectivity index (χ0) is 17.2. The number of benzene rings is 2. The van der Waals surface area contributed by atoms with Crippen molar-refractivity contribution in [2.24, 2.45) is 0 Å². The molecule has 0 spiro atoms. The standard InChI is InChI=1S/C20H13ClN4/c1-2-13-4-3-5-16(10-13)25-20-18-17(11-22-19(18)23-12-24-20)14-6-8-15(21)9-7-14/h1,3-12H,(H2,22,23,24,25). The van der Waals surface area contributed by atoms with E-state index in [2.05, 4.69) is 26.2 Å². The molecule has 0 atom stereocenters. The molecule has 2 aromatic heterocycles. The molecule has 5 heteroatoms. The van der Waals surface area contributed by atoms with Crippen molar-refractivity contribution in [3.8, 4) is 23.5 Å². The number of hydrogen-bond acceptors (Lipinski definition) is 3. The lowest BCUT2D eigenvalue weighted by Crippen LogP contribution is -1.96. The van der Waals surface area contributed by atoms with Crippen LogP contribution in [0.3, 0.4) is 0 Å². The summed E-state index contributed by atoms with van der Waals surface area (Å²) in [5, 5.41) is 4.95. The Morgan fingerprint density at radius 1 is 1.08 bits per heavy atom. The highest BCUT2D eigenvalue weighted by Crippen LogP contribution is 2.33. The number of nitrogens with zero attached hydrogens (tertiary/aromatic N) is 2. The normalized spacial score (nSPS) is 10.6. The van der Waals surface area contributed by atoms with Crippen LogP contribution in [-0.4, -0.2) is 15.0 Å². The third kappa shape index (κ3) is 2.93. The predicted octanol–water partition coefficient (Wildman–Crippen LogP) is 5.00. The molecule has 120 valence electrons. The maximum Gasteiger partial charge on any atom is 0.143 e. The summed E-state index contributed by atoms with van der Waals surface area (Å²) in [6.07, 6.45) is 8.93. The first kappa shape index (κ1) is 15.3. The first-order valence-electron chi connectivity index (χ1n) is 7.66.